The van der Waals surface area contributed by atoms with Gasteiger partial charge in [-0.25, -0.2) is 0 Å². The Labute approximate surface area is 124 Å². The molecule has 0 unspecified atom stereocenters. The number of carbonyl (C=O) groups is 1. The number of likely N-dealkylation sites (tertiary alicyclic amines) is 1. The van der Waals surface area contributed by atoms with Crippen molar-refractivity contribution in [3.05, 3.63) is 36.5 Å². The minimum absolute atomic E-state index is 0.165. The summed E-state index contributed by atoms with van der Waals surface area (Å²) in [6, 6.07) is 9.98. The molecule has 0 atom stereocenters. The quantitative estimate of drug-likeness (QED) is 0.870. The number of benzene rings is 1. The molecule has 0 saturated carbocycles. The van der Waals surface area contributed by atoms with E-state index in [1.54, 1.807) is 6.20 Å². The molecule has 0 radical (unpaired) electrons. The number of amides is 1. The lowest BCUT2D eigenvalue weighted by Gasteiger charge is -2.32. The Morgan fingerprint density at radius 1 is 1.29 bits per heavy atom. The van der Waals surface area contributed by atoms with E-state index in [1.165, 1.54) is 0 Å². The lowest BCUT2D eigenvalue weighted by atomic mass is 10.1. The van der Waals surface area contributed by atoms with Crippen molar-refractivity contribution in [1.29, 1.82) is 0 Å². The van der Waals surface area contributed by atoms with Gasteiger partial charge in [-0.1, -0.05) is 25.1 Å². The standard InChI is InChI=1S/C17H20N2O2/c1-2-16(20)19-11-8-14(9-12-19)21-15-7-3-5-13-6-4-10-18-17(13)15/h3-7,10,14H,2,8-9,11-12H2,1H3. The predicted octanol–water partition coefficient (Wildman–Crippen LogP) is 3.01. The number of rotatable bonds is 3. The van der Waals surface area contributed by atoms with Crippen molar-refractivity contribution in [2.45, 2.75) is 32.3 Å². The number of fused-ring (bicyclic) bond motifs is 1. The fourth-order valence-corrected chi connectivity index (χ4v) is 2.80. The van der Waals surface area contributed by atoms with Gasteiger partial charge in [-0.15, -0.1) is 0 Å². The van der Waals surface area contributed by atoms with Gasteiger partial charge in [0.25, 0.3) is 0 Å². The van der Waals surface area contributed by atoms with Gasteiger partial charge in [-0.05, 0) is 12.1 Å². The Kier molecular flexibility index (Phi) is 4.04. The van der Waals surface area contributed by atoms with Crippen LogP contribution in [0.15, 0.2) is 36.5 Å². The number of piperidine rings is 1. The van der Waals surface area contributed by atoms with Crippen LogP contribution in [0.25, 0.3) is 10.9 Å². The van der Waals surface area contributed by atoms with Gasteiger partial charge in [-0.2, -0.15) is 0 Å². The molecule has 1 fully saturated rings. The summed E-state index contributed by atoms with van der Waals surface area (Å²) in [7, 11) is 0. The van der Waals surface area contributed by atoms with E-state index >= 15 is 0 Å². The highest BCUT2D eigenvalue weighted by molar-refractivity contribution is 5.84. The molecule has 1 aromatic carbocycles. The second kappa shape index (κ2) is 6.12. The normalized spacial score (nSPS) is 16.1. The molecule has 1 amide bonds. The molecule has 0 N–H and O–H groups in total. The van der Waals surface area contributed by atoms with Gasteiger partial charge in [0.1, 0.15) is 17.4 Å². The number of aromatic nitrogens is 1. The van der Waals surface area contributed by atoms with E-state index in [1.807, 2.05) is 42.2 Å². The lowest BCUT2D eigenvalue weighted by molar-refractivity contribution is -0.132. The molecule has 1 saturated heterocycles. The van der Waals surface area contributed by atoms with Gasteiger partial charge in [0.2, 0.25) is 5.91 Å². The van der Waals surface area contributed by atoms with Crippen LogP contribution in [0.2, 0.25) is 0 Å². The summed E-state index contributed by atoms with van der Waals surface area (Å²) in [6.07, 6.45) is 4.30. The zero-order valence-electron chi connectivity index (χ0n) is 12.3. The van der Waals surface area contributed by atoms with Crippen LogP contribution in [0, 0.1) is 0 Å². The van der Waals surface area contributed by atoms with E-state index in [9.17, 15) is 4.79 Å². The van der Waals surface area contributed by atoms with Gasteiger partial charge in [0.15, 0.2) is 0 Å². The van der Waals surface area contributed by atoms with Crippen LogP contribution in [-0.2, 0) is 4.79 Å². The minimum Gasteiger partial charge on any atom is -0.488 e. The van der Waals surface area contributed by atoms with Crippen LogP contribution in [0.4, 0.5) is 0 Å². The number of hydrogen-bond acceptors (Lipinski definition) is 3. The Bertz CT molecular complexity index is 628. The summed E-state index contributed by atoms with van der Waals surface area (Å²) in [5.74, 6) is 1.08. The van der Waals surface area contributed by atoms with Gasteiger partial charge in [0, 0.05) is 43.9 Å². The van der Waals surface area contributed by atoms with Crippen molar-refractivity contribution >= 4 is 16.8 Å². The smallest absolute Gasteiger partial charge is 0.222 e. The number of carbonyl (C=O) groups excluding carboxylic acids is 1. The van der Waals surface area contributed by atoms with E-state index in [2.05, 4.69) is 4.98 Å². The van der Waals surface area contributed by atoms with Crippen LogP contribution in [0.3, 0.4) is 0 Å². The third kappa shape index (κ3) is 2.99. The zero-order chi connectivity index (χ0) is 14.7. The third-order valence-corrected chi connectivity index (χ3v) is 3.99. The Balaban J connectivity index is 1.69. The lowest BCUT2D eigenvalue weighted by Crippen LogP contribution is -2.41. The highest BCUT2D eigenvalue weighted by Crippen LogP contribution is 2.26. The molecule has 4 nitrogen and oxygen atoms in total. The zero-order valence-corrected chi connectivity index (χ0v) is 12.3. The summed E-state index contributed by atoms with van der Waals surface area (Å²) in [4.78, 5) is 18.0. The van der Waals surface area contributed by atoms with E-state index in [4.69, 9.17) is 4.74 Å². The SMILES string of the molecule is CCC(=O)N1CCC(Oc2cccc3cccnc23)CC1. The second-order valence-corrected chi connectivity index (χ2v) is 5.38. The maximum Gasteiger partial charge on any atom is 0.222 e. The molecular formula is C17H20N2O2. The molecule has 110 valence electrons. The summed E-state index contributed by atoms with van der Waals surface area (Å²) in [5, 5.41) is 1.09. The van der Waals surface area contributed by atoms with Crippen molar-refractivity contribution in [3.8, 4) is 5.75 Å². The van der Waals surface area contributed by atoms with Crippen molar-refractivity contribution in [2.75, 3.05) is 13.1 Å². The average Bonchev–Trinajstić information content (AvgIpc) is 2.55. The van der Waals surface area contributed by atoms with Crippen molar-refractivity contribution in [3.63, 3.8) is 0 Å². The highest BCUT2D eigenvalue weighted by Gasteiger charge is 2.23. The topological polar surface area (TPSA) is 42.4 Å². The van der Waals surface area contributed by atoms with E-state index in [0.29, 0.717) is 6.42 Å². The van der Waals surface area contributed by atoms with Crippen LogP contribution in [0.5, 0.6) is 5.75 Å². The second-order valence-electron chi connectivity index (χ2n) is 5.38. The van der Waals surface area contributed by atoms with Crippen molar-refractivity contribution in [2.24, 2.45) is 0 Å². The Hall–Kier alpha value is -2.10. The largest absolute Gasteiger partial charge is 0.488 e. The van der Waals surface area contributed by atoms with Crippen LogP contribution >= 0.6 is 0 Å². The molecule has 4 heteroatoms. The number of nitrogens with zero attached hydrogens (tertiary/aromatic N) is 2. The van der Waals surface area contributed by atoms with Gasteiger partial charge in [0.05, 0.1) is 0 Å². The fraction of sp³-hybridized carbons (Fsp3) is 0.412. The molecule has 2 heterocycles. The Morgan fingerprint density at radius 2 is 2.05 bits per heavy atom. The van der Waals surface area contributed by atoms with E-state index < -0.39 is 0 Å². The number of pyridine rings is 1. The Morgan fingerprint density at radius 3 is 2.81 bits per heavy atom. The molecule has 2 aromatic rings. The first-order chi connectivity index (χ1) is 10.3. The summed E-state index contributed by atoms with van der Waals surface area (Å²) in [5.41, 5.74) is 0.909. The van der Waals surface area contributed by atoms with Gasteiger partial charge in [-0.3, -0.25) is 9.78 Å². The molecule has 3 rings (SSSR count). The van der Waals surface area contributed by atoms with Crippen LogP contribution < -0.4 is 4.74 Å². The fourth-order valence-electron chi connectivity index (χ4n) is 2.80. The van der Waals surface area contributed by atoms with Crippen molar-refractivity contribution < 1.29 is 9.53 Å². The van der Waals surface area contributed by atoms with Crippen LogP contribution in [0.1, 0.15) is 26.2 Å². The summed E-state index contributed by atoms with van der Waals surface area (Å²) < 4.78 is 6.13. The van der Waals surface area contributed by atoms with Crippen LogP contribution in [-0.4, -0.2) is 35.0 Å². The van der Waals surface area contributed by atoms with Gasteiger partial charge < -0.3 is 9.64 Å². The molecule has 1 aliphatic heterocycles. The van der Waals surface area contributed by atoms with Gasteiger partial charge >= 0.3 is 0 Å². The molecule has 0 bridgehead atoms. The molecule has 0 spiro atoms. The molecule has 0 aliphatic carbocycles. The average molecular weight is 284 g/mol. The first-order valence-corrected chi connectivity index (χ1v) is 7.56. The van der Waals surface area contributed by atoms with E-state index in [-0.39, 0.29) is 12.0 Å². The monoisotopic (exact) mass is 284 g/mol. The molecule has 1 aliphatic rings. The maximum atomic E-state index is 11.7. The third-order valence-electron chi connectivity index (χ3n) is 3.99. The number of hydrogen-bond donors (Lipinski definition) is 0. The predicted molar refractivity (Wildman–Crippen MR) is 82.3 cm³/mol. The summed E-state index contributed by atoms with van der Waals surface area (Å²) >= 11 is 0. The molecule has 1 aromatic heterocycles. The first kappa shape index (κ1) is 13.9. The van der Waals surface area contributed by atoms with E-state index in [0.717, 1.165) is 42.6 Å². The van der Waals surface area contributed by atoms with Crippen molar-refractivity contribution in [1.82, 2.24) is 9.88 Å². The number of ether oxygens (including phenoxy) is 1. The highest BCUT2D eigenvalue weighted by atomic mass is 16.5. The minimum atomic E-state index is 0.165. The maximum absolute atomic E-state index is 11.7. The summed E-state index contributed by atoms with van der Waals surface area (Å²) in [6.45, 7) is 3.48. The molecular weight excluding hydrogens is 264 g/mol. The molecule has 21 heavy (non-hydrogen) atoms. The number of para-hydroxylation sites is 1. The first-order valence-electron chi connectivity index (χ1n) is 7.56.